The molecule has 0 aromatic carbocycles. The van der Waals surface area contributed by atoms with Crippen LogP contribution >= 0.6 is 11.3 Å². The van der Waals surface area contributed by atoms with Gasteiger partial charge in [-0.25, -0.2) is 9.97 Å². The van der Waals surface area contributed by atoms with Gasteiger partial charge in [0.2, 0.25) is 5.95 Å². The van der Waals surface area contributed by atoms with Gasteiger partial charge < -0.3 is 5.32 Å². The molecule has 2 heterocycles. The molecule has 0 saturated heterocycles. The normalized spacial score (nSPS) is 13.7. The van der Waals surface area contributed by atoms with Gasteiger partial charge in [-0.3, -0.25) is 0 Å². The topological polar surface area (TPSA) is 37.8 Å². The van der Waals surface area contributed by atoms with Crippen LogP contribution in [0.2, 0.25) is 0 Å². The van der Waals surface area contributed by atoms with E-state index < -0.39 is 0 Å². The van der Waals surface area contributed by atoms with Gasteiger partial charge in [0, 0.05) is 22.1 Å². The van der Waals surface area contributed by atoms with Crippen molar-refractivity contribution in [3.63, 3.8) is 0 Å². The van der Waals surface area contributed by atoms with E-state index in [1.54, 1.807) is 10.4 Å². The van der Waals surface area contributed by atoms with Crippen LogP contribution in [0.4, 0.5) is 5.95 Å². The van der Waals surface area contributed by atoms with Gasteiger partial charge in [-0.2, -0.15) is 0 Å². The van der Waals surface area contributed by atoms with Crippen LogP contribution in [0.15, 0.2) is 18.5 Å². The van der Waals surface area contributed by atoms with Gasteiger partial charge in [-0.05, 0) is 43.4 Å². The van der Waals surface area contributed by atoms with E-state index >= 15 is 0 Å². The van der Waals surface area contributed by atoms with Crippen molar-refractivity contribution in [2.45, 2.75) is 32.7 Å². The first-order valence-electron chi connectivity index (χ1n) is 5.94. The zero-order valence-electron chi connectivity index (χ0n) is 9.86. The molecule has 0 spiro atoms. The molecule has 0 atom stereocenters. The zero-order chi connectivity index (χ0) is 11.7. The van der Waals surface area contributed by atoms with Crippen LogP contribution in [0.3, 0.4) is 0 Å². The third-order valence-corrected chi connectivity index (χ3v) is 4.24. The maximum absolute atomic E-state index is 4.24. The van der Waals surface area contributed by atoms with Gasteiger partial charge >= 0.3 is 0 Å². The van der Waals surface area contributed by atoms with Crippen LogP contribution in [0.25, 0.3) is 0 Å². The number of rotatable bonds is 3. The lowest BCUT2D eigenvalue weighted by atomic mass is 10.2. The molecule has 0 bridgehead atoms. The van der Waals surface area contributed by atoms with Crippen molar-refractivity contribution in [1.82, 2.24) is 9.97 Å². The summed E-state index contributed by atoms with van der Waals surface area (Å²) in [5, 5.41) is 3.27. The Morgan fingerprint density at radius 3 is 2.88 bits per heavy atom. The van der Waals surface area contributed by atoms with E-state index in [-0.39, 0.29) is 0 Å². The fourth-order valence-electron chi connectivity index (χ4n) is 2.13. The lowest BCUT2D eigenvalue weighted by molar-refractivity contribution is 0.913. The minimum atomic E-state index is 0.712. The molecule has 2 aromatic rings. The lowest BCUT2D eigenvalue weighted by Crippen LogP contribution is -2.02. The second-order valence-electron chi connectivity index (χ2n) is 4.45. The Morgan fingerprint density at radius 2 is 2.12 bits per heavy atom. The molecule has 4 heteroatoms. The molecule has 3 rings (SSSR count). The number of hydrogen-bond acceptors (Lipinski definition) is 4. The molecule has 0 unspecified atom stereocenters. The summed E-state index contributed by atoms with van der Waals surface area (Å²) in [5.74, 6) is 0.712. The van der Waals surface area contributed by atoms with Crippen molar-refractivity contribution < 1.29 is 0 Å². The highest BCUT2D eigenvalue weighted by Gasteiger charge is 2.14. The highest BCUT2D eigenvalue weighted by atomic mass is 32.1. The van der Waals surface area contributed by atoms with Crippen molar-refractivity contribution in [2.24, 2.45) is 0 Å². The number of anilines is 1. The van der Waals surface area contributed by atoms with Crippen molar-refractivity contribution in [3.8, 4) is 0 Å². The highest BCUT2D eigenvalue weighted by molar-refractivity contribution is 7.12. The number of nitrogens with zero attached hydrogens (tertiary/aromatic N) is 2. The number of aromatic nitrogens is 2. The van der Waals surface area contributed by atoms with Crippen molar-refractivity contribution in [1.29, 1.82) is 0 Å². The third kappa shape index (κ3) is 2.31. The molecule has 0 amide bonds. The van der Waals surface area contributed by atoms with Gasteiger partial charge in [0.25, 0.3) is 0 Å². The predicted octanol–water partition coefficient (Wildman–Crippen LogP) is 2.95. The minimum absolute atomic E-state index is 0.712. The van der Waals surface area contributed by atoms with Crippen LogP contribution in [-0.2, 0) is 19.4 Å². The fourth-order valence-corrected chi connectivity index (χ4v) is 3.33. The Balaban J connectivity index is 1.65. The molecule has 1 aliphatic carbocycles. The first-order valence-corrected chi connectivity index (χ1v) is 6.76. The van der Waals surface area contributed by atoms with E-state index in [0.29, 0.717) is 5.95 Å². The summed E-state index contributed by atoms with van der Waals surface area (Å²) in [6.07, 6.45) is 7.53. The van der Waals surface area contributed by atoms with Gasteiger partial charge in [0.15, 0.2) is 0 Å². The Hall–Kier alpha value is -1.42. The number of fused-ring (bicyclic) bond motifs is 1. The summed E-state index contributed by atoms with van der Waals surface area (Å²) >= 11 is 1.93. The molecule has 17 heavy (non-hydrogen) atoms. The number of hydrogen-bond donors (Lipinski definition) is 1. The quantitative estimate of drug-likeness (QED) is 0.903. The maximum Gasteiger partial charge on any atom is 0.222 e. The van der Waals surface area contributed by atoms with Crippen LogP contribution < -0.4 is 5.32 Å². The minimum Gasteiger partial charge on any atom is -0.349 e. The average Bonchev–Trinajstić information content (AvgIpc) is 2.88. The number of aryl methyl sites for hydroxylation is 3. The van der Waals surface area contributed by atoms with Crippen LogP contribution in [0.1, 0.15) is 27.3 Å². The molecule has 1 N–H and O–H groups in total. The van der Waals surface area contributed by atoms with E-state index in [1.807, 2.05) is 30.7 Å². The summed E-state index contributed by atoms with van der Waals surface area (Å²) < 4.78 is 0. The van der Waals surface area contributed by atoms with Gasteiger partial charge in [0.05, 0.1) is 6.54 Å². The highest BCUT2D eigenvalue weighted by Crippen LogP contribution is 2.30. The van der Waals surface area contributed by atoms with Crippen LogP contribution in [-0.4, -0.2) is 9.97 Å². The second-order valence-corrected chi connectivity index (χ2v) is 5.67. The monoisotopic (exact) mass is 245 g/mol. The van der Waals surface area contributed by atoms with E-state index in [2.05, 4.69) is 21.4 Å². The zero-order valence-corrected chi connectivity index (χ0v) is 10.7. The standard InChI is InChI=1S/C13H15N3S/c1-9-6-14-13(15-7-9)16-8-11-5-10-3-2-4-12(10)17-11/h5-7H,2-4,8H2,1H3,(H,14,15,16). The fraction of sp³-hybridized carbons (Fsp3) is 0.385. The summed E-state index contributed by atoms with van der Waals surface area (Å²) in [6, 6.07) is 2.33. The number of thiophene rings is 1. The summed E-state index contributed by atoms with van der Waals surface area (Å²) in [4.78, 5) is 11.4. The van der Waals surface area contributed by atoms with Crippen molar-refractivity contribution in [3.05, 3.63) is 39.3 Å². The van der Waals surface area contributed by atoms with Crippen molar-refractivity contribution in [2.75, 3.05) is 5.32 Å². The van der Waals surface area contributed by atoms with E-state index in [9.17, 15) is 0 Å². The lowest BCUT2D eigenvalue weighted by Gasteiger charge is -2.02. The average molecular weight is 245 g/mol. The summed E-state index contributed by atoms with van der Waals surface area (Å²) in [6.45, 7) is 2.83. The molecule has 0 fully saturated rings. The Labute approximate surface area is 105 Å². The largest absolute Gasteiger partial charge is 0.349 e. The first-order chi connectivity index (χ1) is 8.31. The molecule has 0 saturated carbocycles. The Morgan fingerprint density at radius 1 is 1.29 bits per heavy atom. The van der Waals surface area contributed by atoms with E-state index in [0.717, 1.165) is 12.1 Å². The SMILES string of the molecule is Cc1cnc(NCc2cc3c(s2)CCC3)nc1. The van der Waals surface area contributed by atoms with Crippen LogP contribution in [0.5, 0.6) is 0 Å². The number of nitrogens with one attached hydrogen (secondary N) is 1. The van der Waals surface area contributed by atoms with Crippen molar-refractivity contribution >= 4 is 17.3 Å². The first kappa shape index (κ1) is 10.7. The molecule has 1 aliphatic rings. The molecular formula is C13H15N3S. The molecular weight excluding hydrogens is 230 g/mol. The van der Waals surface area contributed by atoms with E-state index in [4.69, 9.17) is 0 Å². The molecule has 0 aliphatic heterocycles. The molecule has 2 aromatic heterocycles. The second kappa shape index (κ2) is 4.45. The van der Waals surface area contributed by atoms with Gasteiger partial charge in [-0.15, -0.1) is 11.3 Å². The Kier molecular flexibility index (Phi) is 2.81. The van der Waals surface area contributed by atoms with E-state index in [1.165, 1.54) is 24.1 Å². The predicted molar refractivity (Wildman–Crippen MR) is 70.4 cm³/mol. The van der Waals surface area contributed by atoms with Crippen LogP contribution in [0, 0.1) is 6.92 Å². The third-order valence-electron chi connectivity index (χ3n) is 3.00. The molecule has 3 nitrogen and oxygen atoms in total. The molecule has 0 radical (unpaired) electrons. The smallest absolute Gasteiger partial charge is 0.222 e. The van der Waals surface area contributed by atoms with Gasteiger partial charge in [0.1, 0.15) is 0 Å². The van der Waals surface area contributed by atoms with Gasteiger partial charge in [-0.1, -0.05) is 0 Å². The Bertz CT molecular complexity index is 494. The summed E-state index contributed by atoms with van der Waals surface area (Å²) in [7, 11) is 0. The molecule has 88 valence electrons. The summed E-state index contributed by atoms with van der Waals surface area (Å²) in [5.41, 5.74) is 2.64. The maximum atomic E-state index is 4.24.